The number of nitrogens with zero attached hydrogens (tertiary/aromatic N) is 2. The fraction of sp³-hybridized carbons (Fsp3) is 0.571. The third-order valence-corrected chi connectivity index (χ3v) is 3.53. The molecule has 0 bridgehead atoms. The summed E-state index contributed by atoms with van der Waals surface area (Å²) in [4.78, 5) is 17.8. The van der Waals surface area contributed by atoms with Gasteiger partial charge in [0.2, 0.25) is 0 Å². The van der Waals surface area contributed by atoms with Gasteiger partial charge < -0.3 is 10.0 Å². The smallest absolute Gasteiger partial charge is 0.312 e. The lowest BCUT2D eigenvalue weighted by Crippen LogP contribution is -2.32. The maximum atomic E-state index is 11.3. The average Bonchev–Trinajstić information content (AvgIpc) is 2.41. The third kappa shape index (κ3) is 3.53. The predicted molar refractivity (Wildman–Crippen MR) is 69.5 cm³/mol. The second-order valence-corrected chi connectivity index (χ2v) is 4.84. The quantitative estimate of drug-likeness (QED) is 0.867. The van der Waals surface area contributed by atoms with Crippen molar-refractivity contribution in [3.8, 4) is 0 Å². The van der Waals surface area contributed by atoms with E-state index in [-0.39, 0.29) is 0 Å². The molecule has 1 fully saturated rings. The normalized spacial score (nSPS) is 18.4. The lowest BCUT2D eigenvalue weighted by Gasteiger charge is -2.27. The molecule has 1 aliphatic heterocycles. The molecule has 0 radical (unpaired) electrons. The summed E-state index contributed by atoms with van der Waals surface area (Å²) in [5.74, 6) is -1.25. The van der Waals surface area contributed by atoms with Gasteiger partial charge in [0.1, 0.15) is 5.92 Å². The summed E-state index contributed by atoms with van der Waals surface area (Å²) in [5.41, 5.74) is 0.669. The summed E-state index contributed by atoms with van der Waals surface area (Å²) in [6, 6.07) is 5.46. The number of piperidine rings is 1. The van der Waals surface area contributed by atoms with Gasteiger partial charge in [0.05, 0.1) is 5.69 Å². The first kappa shape index (κ1) is 13.0. The predicted octanol–water partition coefficient (Wildman–Crippen LogP) is 2.13. The van der Waals surface area contributed by atoms with Crippen molar-refractivity contribution < 1.29 is 9.90 Å². The first-order valence-corrected chi connectivity index (χ1v) is 6.63. The molecule has 1 unspecified atom stereocenters. The van der Waals surface area contributed by atoms with E-state index in [9.17, 15) is 9.90 Å². The van der Waals surface area contributed by atoms with Crippen LogP contribution in [0.1, 0.15) is 37.3 Å². The van der Waals surface area contributed by atoms with Gasteiger partial charge in [-0.15, -0.1) is 0 Å². The zero-order valence-electron chi connectivity index (χ0n) is 10.6. The van der Waals surface area contributed by atoms with Crippen LogP contribution < -0.4 is 0 Å². The Morgan fingerprint density at radius 1 is 1.33 bits per heavy atom. The van der Waals surface area contributed by atoms with Crippen molar-refractivity contribution in [2.45, 2.75) is 31.6 Å². The van der Waals surface area contributed by atoms with Crippen molar-refractivity contribution in [2.75, 3.05) is 19.6 Å². The molecule has 0 aromatic carbocycles. The van der Waals surface area contributed by atoms with Gasteiger partial charge in [0.15, 0.2) is 0 Å². The van der Waals surface area contributed by atoms with Crippen LogP contribution >= 0.6 is 0 Å². The molecule has 1 aromatic rings. The van der Waals surface area contributed by atoms with E-state index in [1.54, 1.807) is 12.3 Å². The zero-order valence-corrected chi connectivity index (χ0v) is 10.6. The number of carboxylic acids is 1. The largest absolute Gasteiger partial charge is 0.481 e. The number of likely N-dealkylation sites (tertiary alicyclic amines) is 1. The summed E-state index contributed by atoms with van der Waals surface area (Å²) in [6.07, 6.45) is 6.08. The molecule has 1 aliphatic rings. The van der Waals surface area contributed by atoms with Crippen LogP contribution in [0.4, 0.5) is 0 Å². The summed E-state index contributed by atoms with van der Waals surface area (Å²) < 4.78 is 0. The first-order chi connectivity index (χ1) is 8.77. The van der Waals surface area contributed by atoms with Gasteiger partial charge in [-0.1, -0.05) is 12.5 Å². The van der Waals surface area contributed by atoms with Crippen molar-refractivity contribution in [1.29, 1.82) is 0 Å². The van der Waals surface area contributed by atoms with Crippen LogP contribution in [0.5, 0.6) is 0 Å². The van der Waals surface area contributed by atoms with Crippen LogP contribution in [0.3, 0.4) is 0 Å². The van der Waals surface area contributed by atoms with Crippen molar-refractivity contribution in [3.63, 3.8) is 0 Å². The summed E-state index contributed by atoms with van der Waals surface area (Å²) in [7, 11) is 0. The standard InChI is InChI=1S/C14H20N2O2/c17-14(18)12(13-6-2-3-8-15-13)7-11-16-9-4-1-5-10-16/h2-3,6,8,12H,1,4-5,7,9-11H2,(H,17,18). The highest BCUT2D eigenvalue weighted by Crippen LogP contribution is 2.19. The number of hydrogen-bond acceptors (Lipinski definition) is 3. The van der Waals surface area contributed by atoms with E-state index in [4.69, 9.17) is 0 Å². The molecule has 2 heterocycles. The van der Waals surface area contributed by atoms with Gasteiger partial charge in [-0.25, -0.2) is 0 Å². The van der Waals surface area contributed by atoms with E-state index >= 15 is 0 Å². The van der Waals surface area contributed by atoms with Gasteiger partial charge in [-0.2, -0.15) is 0 Å². The molecule has 1 saturated heterocycles. The summed E-state index contributed by atoms with van der Waals surface area (Å²) in [6.45, 7) is 3.07. The monoisotopic (exact) mass is 248 g/mol. The Balaban J connectivity index is 1.92. The SMILES string of the molecule is O=C(O)C(CCN1CCCCC1)c1ccccn1. The minimum atomic E-state index is -0.772. The molecule has 4 nitrogen and oxygen atoms in total. The van der Waals surface area contributed by atoms with E-state index < -0.39 is 11.9 Å². The molecule has 2 rings (SSSR count). The van der Waals surface area contributed by atoms with Crippen molar-refractivity contribution >= 4 is 5.97 Å². The van der Waals surface area contributed by atoms with E-state index in [2.05, 4.69) is 9.88 Å². The molecule has 0 amide bonds. The van der Waals surface area contributed by atoms with Gasteiger partial charge in [0.25, 0.3) is 0 Å². The molecular weight excluding hydrogens is 228 g/mol. The van der Waals surface area contributed by atoms with Crippen molar-refractivity contribution in [3.05, 3.63) is 30.1 Å². The Kier molecular flexibility index (Phi) is 4.70. The average molecular weight is 248 g/mol. The zero-order chi connectivity index (χ0) is 12.8. The summed E-state index contributed by atoms with van der Waals surface area (Å²) >= 11 is 0. The molecule has 1 aromatic heterocycles. The Labute approximate surface area is 108 Å². The van der Waals surface area contributed by atoms with Gasteiger partial charge in [-0.05, 0) is 51.0 Å². The molecule has 1 N–H and O–H groups in total. The van der Waals surface area contributed by atoms with E-state index in [0.717, 1.165) is 19.6 Å². The van der Waals surface area contributed by atoms with Crippen LogP contribution in [0, 0.1) is 0 Å². The number of carboxylic acid groups (broad SMARTS) is 1. The molecule has 0 spiro atoms. The molecule has 98 valence electrons. The van der Waals surface area contributed by atoms with Crippen LogP contribution in [0.25, 0.3) is 0 Å². The number of carbonyl (C=O) groups is 1. The topological polar surface area (TPSA) is 53.4 Å². The van der Waals surface area contributed by atoms with Crippen LogP contribution in [0.15, 0.2) is 24.4 Å². The lowest BCUT2D eigenvalue weighted by molar-refractivity contribution is -0.139. The Bertz CT molecular complexity index is 375. The van der Waals surface area contributed by atoms with Crippen molar-refractivity contribution in [2.24, 2.45) is 0 Å². The fourth-order valence-corrected chi connectivity index (χ4v) is 2.47. The fourth-order valence-electron chi connectivity index (χ4n) is 2.47. The van der Waals surface area contributed by atoms with Crippen LogP contribution in [-0.2, 0) is 4.79 Å². The number of aliphatic carboxylic acids is 1. The van der Waals surface area contributed by atoms with Gasteiger partial charge >= 0.3 is 5.97 Å². The lowest BCUT2D eigenvalue weighted by atomic mass is 10.00. The number of hydrogen-bond donors (Lipinski definition) is 1. The molecule has 18 heavy (non-hydrogen) atoms. The van der Waals surface area contributed by atoms with Gasteiger partial charge in [-0.3, -0.25) is 9.78 Å². The second-order valence-electron chi connectivity index (χ2n) is 4.84. The van der Waals surface area contributed by atoms with Crippen LogP contribution in [0.2, 0.25) is 0 Å². The van der Waals surface area contributed by atoms with Gasteiger partial charge in [0, 0.05) is 6.20 Å². The Morgan fingerprint density at radius 3 is 2.72 bits per heavy atom. The molecule has 0 saturated carbocycles. The molecule has 0 aliphatic carbocycles. The minimum Gasteiger partial charge on any atom is -0.481 e. The van der Waals surface area contributed by atoms with Crippen molar-refractivity contribution in [1.82, 2.24) is 9.88 Å². The highest BCUT2D eigenvalue weighted by Gasteiger charge is 2.22. The molecule has 4 heteroatoms. The number of aromatic nitrogens is 1. The highest BCUT2D eigenvalue weighted by atomic mass is 16.4. The minimum absolute atomic E-state index is 0.479. The van der Waals surface area contributed by atoms with E-state index in [1.807, 2.05) is 12.1 Å². The summed E-state index contributed by atoms with van der Waals surface area (Å²) in [5, 5.41) is 9.30. The third-order valence-electron chi connectivity index (χ3n) is 3.53. The molecular formula is C14H20N2O2. The van der Waals surface area contributed by atoms with Crippen LogP contribution in [-0.4, -0.2) is 40.6 Å². The van der Waals surface area contributed by atoms with E-state index in [0.29, 0.717) is 12.1 Å². The molecule has 1 atom stereocenters. The van der Waals surface area contributed by atoms with E-state index in [1.165, 1.54) is 19.3 Å². The number of pyridine rings is 1. The highest BCUT2D eigenvalue weighted by molar-refractivity contribution is 5.75. The maximum absolute atomic E-state index is 11.3. The number of rotatable bonds is 5. The Morgan fingerprint density at radius 2 is 2.11 bits per heavy atom. The maximum Gasteiger partial charge on any atom is 0.312 e. The second kappa shape index (κ2) is 6.50. The first-order valence-electron chi connectivity index (χ1n) is 6.63. The Hall–Kier alpha value is -1.42.